The van der Waals surface area contributed by atoms with Gasteiger partial charge in [-0.05, 0) is 18.2 Å². The van der Waals surface area contributed by atoms with Crippen LogP contribution in [-0.2, 0) is 17.8 Å². The standard InChI is InChI=1S/C17H16N4O3S/c1-23-11-4-2-3-10(7-11)13-8-14(21-20-13)16(22)19-17-18-12-5-6-24-9-15(12)25-17/h2-4,7-8H,5-6,9H2,1H3,(H,20,21)(H,18,19,22). The van der Waals surface area contributed by atoms with E-state index in [1.54, 1.807) is 13.2 Å². The predicted octanol–water partition coefficient (Wildman–Crippen LogP) is 2.87. The maximum absolute atomic E-state index is 12.4. The van der Waals surface area contributed by atoms with E-state index in [1.165, 1.54) is 11.3 Å². The van der Waals surface area contributed by atoms with Gasteiger partial charge in [-0.15, -0.1) is 0 Å². The average molecular weight is 356 g/mol. The molecule has 2 N–H and O–H groups in total. The Balaban J connectivity index is 1.51. The first-order chi connectivity index (χ1) is 12.2. The van der Waals surface area contributed by atoms with Gasteiger partial charge >= 0.3 is 0 Å². The number of carbonyl (C=O) groups excluding carboxylic acids is 1. The Hall–Kier alpha value is -2.71. The minimum Gasteiger partial charge on any atom is -0.497 e. The third kappa shape index (κ3) is 3.26. The number of nitrogens with one attached hydrogen (secondary N) is 2. The smallest absolute Gasteiger partial charge is 0.275 e. The van der Waals surface area contributed by atoms with Crippen molar-refractivity contribution in [2.75, 3.05) is 19.0 Å². The maximum Gasteiger partial charge on any atom is 0.275 e. The number of methoxy groups -OCH3 is 1. The molecule has 0 spiro atoms. The van der Waals surface area contributed by atoms with Gasteiger partial charge < -0.3 is 9.47 Å². The number of hydrogen-bond acceptors (Lipinski definition) is 6. The Kier molecular flexibility index (Phi) is 4.21. The van der Waals surface area contributed by atoms with Crippen LogP contribution in [0, 0.1) is 0 Å². The number of benzene rings is 1. The number of amides is 1. The largest absolute Gasteiger partial charge is 0.497 e. The van der Waals surface area contributed by atoms with Crippen molar-refractivity contribution in [2.24, 2.45) is 0 Å². The summed E-state index contributed by atoms with van der Waals surface area (Å²) in [6.45, 7) is 1.24. The summed E-state index contributed by atoms with van der Waals surface area (Å²) in [4.78, 5) is 18.0. The number of thiazole rings is 1. The SMILES string of the molecule is COc1cccc(-c2cc(C(=O)Nc3nc4c(s3)COCC4)[nH]n2)c1. The number of fused-ring (bicyclic) bond motifs is 1. The lowest BCUT2D eigenvalue weighted by molar-refractivity contribution is 0.102. The first-order valence-electron chi connectivity index (χ1n) is 7.80. The van der Waals surface area contributed by atoms with Crippen LogP contribution in [0.1, 0.15) is 21.1 Å². The summed E-state index contributed by atoms with van der Waals surface area (Å²) in [6, 6.07) is 9.23. The van der Waals surface area contributed by atoms with Crippen LogP contribution in [0.25, 0.3) is 11.3 Å². The number of hydrogen-bond donors (Lipinski definition) is 2. The molecule has 3 heterocycles. The van der Waals surface area contributed by atoms with Crippen LogP contribution in [-0.4, -0.2) is 34.8 Å². The number of aromatic nitrogens is 3. The molecular weight excluding hydrogens is 340 g/mol. The lowest BCUT2D eigenvalue weighted by atomic mass is 10.1. The fourth-order valence-corrected chi connectivity index (χ4v) is 3.55. The second-order valence-corrected chi connectivity index (χ2v) is 6.63. The number of aromatic amines is 1. The third-order valence-corrected chi connectivity index (χ3v) is 4.89. The van der Waals surface area contributed by atoms with Crippen molar-refractivity contribution in [3.63, 3.8) is 0 Å². The van der Waals surface area contributed by atoms with E-state index in [0.717, 1.165) is 28.3 Å². The van der Waals surface area contributed by atoms with Gasteiger partial charge in [-0.2, -0.15) is 5.10 Å². The van der Waals surface area contributed by atoms with E-state index in [4.69, 9.17) is 9.47 Å². The summed E-state index contributed by atoms with van der Waals surface area (Å²) >= 11 is 1.45. The van der Waals surface area contributed by atoms with Crippen molar-refractivity contribution >= 4 is 22.4 Å². The molecule has 1 aliphatic heterocycles. The van der Waals surface area contributed by atoms with Crippen LogP contribution in [0.15, 0.2) is 30.3 Å². The molecule has 1 aliphatic rings. The maximum atomic E-state index is 12.4. The molecule has 25 heavy (non-hydrogen) atoms. The topological polar surface area (TPSA) is 89.1 Å². The normalized spacial score (nSPS) is 13.3. The van der Waals surface area contributed by atoms with Crippen molar-refractivity contribution in [1.29, 1.82) is 0 Å². The van der Waals surface area contributed by atoms with Gasteiger partial charge in [0.2, 0.25) is 0 Å². The van der Waals surface area contributed by atoms with Gasteiger partial charge in [-0.1, -0.05) is 23.5 Å². The van der Waals surface area contributed by atoms with Gasteiger partial charge in [0.25, 0.3) is 5.91 Å². The van der Waals surface area contributed by atoms with Gasteiger partial charge in [-0.3, -0.25) is 15.2 Å². The summed E-state index contributed by atoms with van der Waals surface area (Å²) in [7, 11) is 1.61. The second kappa shape index (κ2) is 6.66. The van der Waals surface area contributed by atoms with Gasteiger partial charge in [0.05, 0.1) is 36.6 Å². The molecule has 8 heteroatoms. The quantitative estimate of drug-likeness (QED) is 0.750. The van der Waals surface area contributed by atoms with Crippen molar-refractivity contribution in [3.05, 3.63) is 46.6 Å². The highest BCUT2D eigenvalue weighted by Gasteiger charge is 2.18. The molecule has 4 rings (SSSR count). The van der Waals surface area contributed by atoms with E-state index < -0.39 is 0 Å². The van der Waals surface area contributed by atoms with E-state index in [0.29, 0.717) is 29.7 Å². The van der Waals surface area contributed by atoms with Crippen molar-refractivity contribution < 1.29 is 14.3 Å². The second-order valence-electron chi connectivity index (χ2n) is 5.54. The van der Waals surface area contributed by atoms with Crippen LogP contribution in [0.3, 0.4) is 0 Å². The van der Waals surface area contributed by atoms with Gasteiger partial charge in [0, 0.05) is 12.0 Å². The summed E-state index contributed by atoms with van der Waals surface area (Å²) in [5.41, 5.74) is 2.93. The van der Waals surface area contributed by atoms with Gasteiger partial charge in [0.1, 0.15) is 11.4 Å². The van der Waals surface area contributed by atoms with Crippen molar-refractivity contribution in [3.8, 4) is 17.0 Å². The molecule has 0 radical (unpaired) electrons. The molecule has 7 nitrogen and oxygen atoms in total. The van der Waals surface area contributed by atoms with Gasteiger partial charge in [0.15, 0.2) is 5.13 Å². The Bertz CT molecular complexity index is 895. The summed E-state index contributed by atoms with van der Waals surface area (Å²) < 4.78 is 10.6. The Morgan fingerprint density at radius 1 is 1.40 bits per heavy atom. The lowest BCUT2D eigenvalue weighted by Crippen LogP contribution is -2.12. The molecule has 0 aliphatic carbocycles. The van der Waals surface area contributed by atoms with Crippen molar-refractivity contribution in [1.82, 2.24) is 15.2 Å². The molecule has 0 saturated carbocycles. The fraction of sp³-hybridized carbons (Fsp3) is 0.235. The number of ether oxygens (including phenoxy) is 2. The number of rotatable bonds is 4. The zero-order valence-corrected chi connectivity index (χ0v) is 14.4. The number of H-pyrrole nitrogens is 1. The first kappa shape index (κ1) is 15.8. The van der Waals surface area contributed by atoms with E-state index in [1.807, 2.05) is 24.3 Å². The lowest BCUT2D eigenvalue weighted by Gasteiger charge is -2.08. The molecule has 0 fully saturated rings. The van der Waals surface area contributed by atoms with Crippen LogP contribution >= 0.6 is 11.3 Å². The van der Waals surface area contributed by atoms with E-state index >= 15 is 0 Å². The summed E-state index contributed by atoms with van der Waals surface area (Å²) in [6.07, 6.45) is 0.783. The highest BCUT2D eigenvalue weighted by molar-refractivity contribution is 7.15. The Morgan fingerprint density at radius 3 is 3.16 bits per heavy atom. The molecular formula is C17H16N4O3S. The first-order valence-corrected chi connectivity index (χ1v) is 8.62. The molecule has 3 aromatic rings. The highest BCUT2D eigenvalue weighted by atomic mass is 32.1. The van der Waals surface area contributed by atoms with Gasteiger partial charge in [-0.25, -0.2) is 4.98 Å². The zero-order valence-electron chi connectivity index (χ0n) is 13.5. The Labute approximate surface area is 148 Å². The minimum absolute atomic E-state index is 0.270. The summed E-state index contributed by atoms with van der Waals surface area (Å²) in [5.74, 6) is 0.468. The predicted molar refractivity (Wildman–Crippen MR) is 94.0 cm³/mol. The van der Waals surface area contributed by atoms with Crippen LogP contribution in [0.2, 0.25) is 0 Å². The van der Waals surface area contributed by atoms with Crippen LogP contribution in [0.5, 0.6) is 5.75 Å². The molecule has 0 unspecified atom stereocenters. The monoisotopic (exact) mass is 356 g/mol. The Morgan fingerprint density at radius 2 is 2.32 bits per heavy atom. The van der Waals surface area contributed by atoms with E-state index in [9.17, 15) is 4.79 Å². The highest BCUT2D eigenvalue weighted by Crippen LogP contribution is 2.28. The number of nitrogens with zero attached hydrogens (tertiary/aromatic N) is 2. The average Bonchev–Trinajstić information content (AvgIpc) is 3.28. The molecule has 1 aromatic carbocycles. The molecule has 128 valence electrons. The third-order valence-electron chi connectivity index (χ3n) is 3.90. The molecule has 0 saturated heterocycles. The van der Waals surface area contributed by atoms with Crippen LogP contribution < -0.4 is 10.1 Å². The molecule has 0 bridgehead atoms. The van der Waals surface area contributed by atoms with E-state index in [-0.39, 0.29) is 5.91 Å². The zero-order chi connectivity index (χ0) is 17.2. The molecule has 1 amide bonds. The fourth-order valence-electron chi connectivity index (χ4n) is 2.61. The van der Waals surface area contributed by atoms with Crippen LogP contribution in [0.4, 0.5) is 5.13 Å². The number of anilines is 1. The molecule has 2 aromatic heterocycles. The minimum atomic E-state index is -0.270. The number of carbonyl (C=O) groups is 1. The molecule has 0 atom stereocenters. The van der Waals surface area contributed by atoms with E-state index in [2.05, 4.69) is 20.5 Å². The summed E-state index contributed by atoms with van der Waals surface area (Å²) in [5, 5.41) is 10.4. The van der Waals surface area contributed by atoms with Crippen molar-refractivity contribution in [2.45, 2.75) is 13.0 Å².